The maximum atomic E-state index is 10.8. The van der Waals surface area contributed by atoms with Crippen LogP contribution in [0.25, 0.3) is 0 Å². The van der Waals surface area contributed by atoms with Crippen LogP contribution in [0.3, 0.4) is 0 Å². The maximum Gasteiger partial charge on any atom is 0.335 e. The number of aromatic nitrogens is 3. The van der Waals surface area contributed by atoms with E-state index >= 15 is 0 Å². The van der Waals surface area contributed by atoms with Gasteiger partial charge in [-0.15, -0.1) is 0 Å². The molecule has 0 saturated heterocycles. The van der Waals surface area contributed by atoms with E-state index in [0.29, 0.717) is 5.82 Å². The van der Waals surface area contributed by atoms with Crippen LogP contribution < -0.4 is 5.32 Å². The standard InChI is InChI=1S/C12H14N4O2/c1-8(2)16-7-10(6-14-16)15-11-5-9(12(17)18)3-4-13-11/h3-8H,1-2H3,(H,13,15)(H,17,18). The van der Waals surface area contributed by atoms with Crippen molar-refractivity contribution in [3.05, 3.63) is 36.3 Å². The van der Waals surface area contributed by atoms with E-state index in [-0.39, 0.29) is 11.6 Å². The van der Waals surface area contributed by atoms with Crippen molar-refractivity contribution in [1.82, 2.24) is 14.8 Å². The highest BCUT2D eigenvalue weighted by atomic mass is 16.4. The molecule has 6 heteroatoms. The summed E-state index contributed by atoms with van der Waals surface area (Å²) < 4.78 is 1.81. The van der Waals surface area contributed by atoms with E-state index in [0.717, 1.165) is 5.69 Å². The van der Waals surface area contributed by atoms with Crippen LogP contribution in [0, 0.1) is 0 Å². The van der Waals surface area contributed by atoms with E-state index in [1.165, 1.54) is 18.3 Å². The van der Waals surface area contributed by atoms with E-state index in [1.54, 1.807) is 6.20 Å². The number of hydrogen-bond donors (Lipinski definition) is 2. The molecule has 0 aromatic carbocycles. The fourth-order valence-corrected chi connectivity index (χ4v) is 1.46. The number of aromatic carboxylic acids is 1. The van der Waals surface area contributed by atoms with Crippen LogP contribution in [0.2, 0.25) is 0 Å². The molecule has 0 bridgehead atoms. The van der Waals surface area contributed by atoms with Gasteiger partial charge in [-0.1, -0.05) is 0 Å². The Kier molecular flexibility index (Phi) is 3.27. The van der Waals surface area contributed by atoms with Crippen LogP contribution in [-0.2, 0) is 0 Å². The van der Waals surface area contributed by atoms with Crippen molar-refractivity contribution in [2.45, 2.75) is 19.9 Å². The average molecular weight is 246 g/mol. The highest BCUT2D eigenvalue weighted by Crippen LogP contribution is 2.16. The zero-order valence-corrected chi connectivity index (χ0v) is 10.2. The number of carboxylic acids is 1. The van der Waals surface area contributed by atoms with Crippen LogP contribution in [0.1, 0.15) is 30.2 Å². The number of nitrogens with one attached hydrogen (secondary N) is 1. The smallest absolute Gasteiger partial charge is 0.335 e. The van der Waals surface area contributed by atoms with Gasteiger partial charge >= 0.3 is 5.97 Å². The Hall–Kier alpha value is -2.37. The molecule has 2 rings (SSSR count). The van der Waals surface area contributed by atoms with Gasteiger partial charge < -0.3 is 10.4 Å². The second-order valence-electron chi connectivity index (χ2n) is 4.16. The molecule has 0 unspecified atom stereocenters. The summed E-state index contributed by atoms with van der Waals surface area (Å²) in [6.07, 6.45) is 4.98. The number of carboxylic acid groups (broad SMARTS) is 1. The normalized spacial score (nSPS) is 10.6. The lowest BCUT2D eigenvalue weighted by atomic mass is 10.2. The minimum Gasteiger partial charge on any atom is -0.478 e. The summed E-state index contributed by atoms with van der Waals surface area (Å²) in [6, 6.07) is 3.21. The van der Waals surface area contributed by atoms with Crippen molar-refractivity contribution >= 4 is 17.5 Å². The molecule has 2 aromatic heterocycles. The topological polar surface area (TPSA) is 80.0 Å². The zero-order valence-electron chi connectivity index (χ0n) is 10.2. The SMILES string of the molecule is CC(C)n1cc(Nc2cc(C(=O)O)ccn2)cn1. The maximum absolute atomic E-state index is 10.8. The summed E-state index contributed by atoms with van der Waals surface area (Å²) in [6.45, 7) is 4.06. The first kappa shape index (κ1) is 12.1. The number of carbonyl (C=O) groups is 1. The van der Waals surface area contributed by atoms with Gasteiger partial charge in [0.05, 0.1) is 17.4 Å². The third-order valence-electron chi connectivity index (χ3n) is 2.41. The van der Waals surface area contributed by atoms with Crippen LogP contribution in [0.4, 0.5) is 11.5 Å². The first-order chi connectivity index (χ1) is 8.56. The summed E-state index contributed by atoms with van der Waals surface area (Å²) in [7, 11) is 0. The van der Waals surface area contributed by atoms with Gasteiger partial charge in [0.1, 0.15) is 5.82 Å². The highest BCUT2D eigenvalue weighted by Gasteiger charge is 2.06. The van der Waals surface area contributed by atoms with E-state index in [2.05, 4.69) is 15.4 Å². The number of pyridine rings is 1. The van der Waals surface area contributed by atoms with Crippen LogP contribution in [0.5, 0.6) is 0 Å². The van der Waals surface area contributed by atoms with E-state index < -0.39 is 5.97 Å². The summed E-state index contributed by atoms with van der Waals surface area (Å²) >= 11 is 0. The zero-order chi connectivity index (χ0) is 13.1. The molecule has 0 aliphatic rings. The molecule has 18 heavy (non-hydrogen) atoms. The molecule has 2 N–H and O–H groups in total. The number of nitrogens with zero attached hydrogens (tertiary/aromatic N) is 3. The molecule has 0 saturated carbocycles. The second kappa shape index (κ2) is 4.87. The summed E-state index contributed by atoms with van der Waals surface area (Å²) in [5.74, 6) is -0.489. The molecule has 2 heterocycles. The van der Waals surface area contributed by atoms with Gasteiger partial charge in [0.15, 0.2) is 0 Å². The Morgan fingerprint density at radius 1 is 1.50 bits per heavy atom. The Morgan fingerprint density at radius 2 is 2.28 bits per heavy atom. The first-order valence-corrected chi connectivity index (χ1v) is 5.57. The quantitative estimate of drug-likeness (QED) is 0.865. The molecule has 0 radical (unpaired) electrons. The fraction of sp³-hybridized carbons (Fsp3) is 0.250. The molecule has 94 valence electrons. The second-order valence-corrected chi connectivity index (χ2v) is 4.16. The van der Waals surface area contributed by atoms with Gasteiger partial charge in [-0.05, 0) is 26.0 Å². The lowest BCUT2D eigenvalue weighted by molar-refractivity contribution is 0.0697. The monoisotopic (exact) mass is 246 g/mol. The molecule has 0 aliphatic heterocycles. The predicted octanol–water partition coefficient (Wildman–Crippen LogP) is 2.30. The molecule has 0 spiro atoms. The minimum atomic E-state index is -0.974. The summed E-state index contributed by atoms with van der Waals surface area (Å²) in [5, 5.41) is 16.1. The first-order valence-electron chi connectivity index (χ1n) is 5.57. The molecule has 0 aliphatic carbocycles. The van der Waals surface area contributed by atoms with Gasteiger partial charge in [0.25, 0.3) is 0 Å². The largest absolute Gasteiger partial charge is 0.478 e. The fourth-order valence-electron chi connectivity index (χ4n) is 1.46. The number of anilines is 2. The van der Waals surface area contributed by atoms with Gasteiger partial charge in [-0.25, -0.2) is 9.78 Å². The van der Waals surface area contributed by atoms with Gasteiger partial charge in [-0.3, -0.25) is 4.68 Å². The molecule has 0 amide bonds. The van der Waals surface area contributed by atoms with Crippen molar-refractivity contribution < 1.29 is 9.90 Å². The summed E-state index contributed by atoms with van der Waals surface area (Å²) in [5.41, 5.74) is 0.975. The van der Waals surface area contributed by atoms with Gasteiger partial charge in [0.2, 0.25) is 0 Å². The van der Waals surface area contributed by atoms with Gasteiger partial charge in [-0.2, -0.15) is 5.10 Å². The number of rotatable bonds is 4. The molecular weight excluding hydrogens is 232 g/mol. The molecule has 0 fully saturated rings. The molecule has 0 atom stereocenters. The van der Waals surface area contributed by atoms with Crippen molar-refractivity contribution in [1.29, 1.82) is 0 Å². The molecular formula is C12H14N4O2. The lowest BCUT2D eigenvalue weighted by Gasteiger charge is -2.04. The Labute approximate surface area is 104 Å². The molecule has 2 aromatic rings. The van der Waals surface area contributed by atoms with Crippen molar-refractivity contribution in [3.8, 4) is 0 Å². The Balaban J connectivity index is 2.17. The van der Waals surface area contributed by atoms with Crippen LogP contribution >= 0.6 is 0 Å². The Morgan fingerprint density at radius 3 is 2.89 bits per heavy atom. The van der Waals surface area contributed by atoms with E-state index in [9.17, 15) is 4.79 Å². The van der Waals surface area contributed by atoms with Gasteiger partial charge in [0, 0.05) is 18.4 Å². The van der Waals surface area contributed by atoms with Crippen molar-refractivity contribution in [3.63, 3.8) is 0 Å². The van der Waals surface area contributed by atoms with E-state index in [4.69, 9.17) is 5.11 Å². The number of hydrogen-bond acceptors (Lipinski definition) is 4. The third-order valence-corrected chi connectivity index (χ3v) is 2.41. The highest BCUT2D eigenvalue weighted by molar-refractivity contribution is 5.88. The van der Waals surface area contributed by atoms with E-state index in [1.807, 2.05) is 24.7 Å². The van der Waals surface area contributed by atoms with Crippen molar-refractivity contribution in [2.75, 3.05) is 5.32 Å². The molecule has 6 nitrogen and oxygen atoms in total. The Bertz CT molecular complexity index is 563. The lowest BCUT2D eigenvalue weighted by Crippen LogP contribution is -2.00. The van der Waals surface area contributed by atoms with Crippen LogP contribution in [-0.4, -0.2) is 25.8 Å². The van der Waals surface area contributed by atoms with Crippen LogP contribution in [0.15, 0.2) is 30.7 Å². The summed E-state index contributed by atoms with van der Waals surface area (Å²) in [4.78, 5) is 14.9. The van der Waals surface area contributed by atoms with Crippen molar-refractivity contribution in [2.24, 2.45) is 0 Å². The third kappa shape index (κ3) is 2.65. The average Bonchev–Trinajstić information content (AvgIpc) is 2.78. The minimum absolute atomic E-state index is 0.198. The predicted molar refractivity (Wildman–Crippen MR) is 67.1 cm³/mol.